The molecule has 32 heavy (non-hydrogen) atoms. The lowest BCUT2D eigenvalue weighted by Gasteiger charge is -2.18. The first kappa shape index (κ1) is 25.3. The largest absolute Gasteiger partial charge is 0.469 e. The number of benzene rings is 2. The van der Waals surface area contributed by atoms with Crippen LogP contribution in [0.4, 0.5) is 0 Å². The van der Waals surface area contributed by atoms with Crippen molar-refractivity contribution >= 4 is 28.0 Å². The summed E-state index contributed by atoms with van der Waals surface area (Å²) in [4.78, 5) is 24.5. The first-order valence-electron chi connectivity index (χ1n) is 10.4. The van der Waals surface area contributed by atoms with E-state index in [1.165, 1.54) is 29.6 Å². The van der Waals surface area contributed by atoms with Gasteiger partial charge in [0.2, 0.25) is 15.9 Å². The summed E-state index contributed by atoms with van der Waals surface area (Å²) in [6.45, 7) is 6.34. The average Bonchev–Trinajstić information content (AvgIpc) is 2.78. The van der Waals surface area contributed by atoms with Crippen LogP contribution in [-0.4, -0.2) is 44.8 Å². The highest BCUT2D eigenvalue weighted by molar-refractivity contribution is 7.89. The lowest BCUT2D eigenvalue weighted by Crippen LogP contribution is -2.30. The van der Waals surface area contributed by atoms with Crippen LogP contribution in [0, 0.1) is 6.92 Å². The second-order valence-corrected chi connectivity index (χ2v) is 9.18. The Kier molecular flexibility index (Phi) is 9.16. The molecule has 0 saturated heterocycles. The van der Waals surface area contributed by atoms with E-state index in [0.717, 1.165) is 11.1 Å². The van der Waals surface area contributed by atoms with Gasteiger partial charge in [0.05, 0.1) is 24.5 Å². The predicted octanol–water partition coefficient (Wildman–Crippen LogP) is 3.46. The highest BCUT2D eigenvalue weighted by atomic mass is 32.2. The molecule has 0 fully saturated rings. The zero-order chi connectivity index (χ0) is 23.7. The van der Waals surface area contributed by atoms with Crippen molar-refractivity contribution in [1.82, 2.24) is 9.62 Å². The maximum atomic E-state index is 12.6. The predicted molar refractivity (Wildman–Crippen MR) is 124 cm³/mol. The number of methoxy groups -OCH3 is 1. The maximum absolute atomic E-state index is 12.6. The SMILES string of the molecule is CCN(CC)S(=O)(=O)c1ccc(/C=C/C(=O)NC(CC(=O)OC)c2ccc(C)cc2)cc1. The summed E-state index contributed by atoms with van der Waals surface area (Å²) < 4.78 is 31.3. The summed E-state index contributed by atoms with van der Waals surface area (Å²) in [5.74, 6) is -0.802. The Morgan fingerprint density at radius 2 is 1.62 bits per heavy atom. The van der Waals surface area contributed by atoms with Crippen LogP contribution in [0.5, 0.6) is 0 Å². The number of hydrogen-bond donors (Lipinski definition) is 1. The van der Waals surface area contributed by atoms with Gasteiger partial charge < -0.3 is 10.1 Å². The average molecular weight is 459 g/mol. The molecule has 1 N–H and O–H groups in total. The minimum Gasteiger partial charge on any atom is -0.469 e. The van der Waals surface area contributed by atoms with E-state index in [2.05, 4.69) is 5.32 Å². The van der Waals surface area contributed by atoms with Crippen LogP contribution in [0.15, 0.2) is 59.5 Å². The molecule has 2 aromatic carbocycles. The number of hydrogen-bond acceptors (Lipinski definition) is 5. The van der Waals surface area contributed by atoms with Gasteiger partial charge in [-0.3, -0.25) is 9.59 Å². The number of carbonyl (C=O) groups excluding carboxylic acids is 2. The molecular weight excluding hydrogens is 428 g/mol. The van der Waals surface area contributed by atoms with Crippen molar-refractivity contribution in [1.29, 1.82) is 0 Å². The van der Waals surface area contributed by atoms with Crippen molar-refractivity contribution < 1.29 is 22.7 Å². The molecule has 0 aromatic heterocycles. The first-order chi connectivity index (χ1) is 15.2. The number of aryl methyl sites for hydroxylation is 1. The van der Waals surface area contributed by atoms with Crippen molar-refractivity contribution in [2.45, 2.75) is 38.1 Å². The molecule has 0 spiro atoms. The second kappa shape index (κ2) is 11.6. The van der Waals surface area contributed by atoms with E-state index in [4.69, 9.17) is 4.74 Å². The summed E-state index contributed by atoms with van der Waals surface area (Å²) in [5, 5.41) is 2.82. The lowest BCUT2D eigenvalue weighted by atomic mass is 10.0. The monoisotopic (exact) mass is 458 g/mol. The number of ether oxygens (including phenoxy) is 1. The number of nitrogens with one attached hydrogen (secondary N) is 1. The summed E-state index contributed by atoms with van der Waals surface area (Å²) in [6, 6.07) is 13.4. The zero-order valence-corrected chi connectivity index (χ0v) is 19.7. The van der Waals surface area contributed by atoms with E-state index in [-0.39, 0.29) is 17.2 Å². The third-order valence-corrected chi connectivity index (χ3v) is 7.11. The fourth-order valence-corrected chi connectivity index (χ4v) is 4.61. The van der Waals surface area contributed by atoms with Gasteiger partial charge in [-0.1, -0.05) is 55.8 Å². The number of esters is 1. The van der Waals surface area contributed by atoms with Crippen LogP contribution in [0.1, 0.15) is 43.0 Å². The molecule has 8 heteroatoms. The van der Waals surface area contributed by atoms with E-state index in [1.807, 2.05) is 31.2 Å². The molecule has 0 aliphatic rings. The molecule has 0 bridgehead atoms. The quantitative estimate of drug-likeness (QED) is 0.435. The van der Waals surface area contributed by atoms with Gasteiger partial charge in [0.15, 0.2) is 0 Å². The Bertz CT molecular complexity index is 1040. The summed E-state index contributed by atoms with van der Waals surface area (Å²) in [5.41, 5.74) is 2.55. The van der Waals surface area contributed by atoms with Crippen molar-refractivity contribution in [3.8, 4) is 0 Å². The van der Waals surface area contributed by atoms with Gasteiger partial charge in [-0.05, 0) is 36.3 Å². The third kappa shape index (κ3) is 6.77. The molecule has 0 saturated carbocycles. The molecule has 1 unspecified atom stereocenters. The van der Waals surface area contributed by atoms with Crippen molar-refractivity contribution in [2.75, 3.05) is 20.2 Å². The maximum Gasteiger partial charge on any atom is 0.307 e. The van der Waals surface area contributed by atoms with Gasteiger partial charge in [-0.15, -0.1) is 0 Å². The highest BCUT2D eigenvalue weighted by Crippen LogP contribution is 2.19. The lowest BCUT2D eigenvalue weighted by molar-refractivity contribution is -0.141. The van der Waals surface area contributed by atoms with Gasteiger partial charge in [-0.25, -0.2) is 8.42 Å². The summed E-state index contributed by atoms with van der Waals surface area (Å²) in [6.07, 6.45) is 2.96. The van der Waals surface area contributed by atoms with Crippen LogP contribution in [0.3, 0.4) is 0 Å². The van der Waals surface area contributed by atoms with Crippen molar-refractivity contribution in [2.24, 2.45) is 0 Å². The Hall–Kier alpha value is -2.97. The van der Waals surface area contributed by atoms with E-state index in [1.54, 1.807) is 32.1 Å². The van der Waals surface area contributed by atoms with E-state index in [0.29, 0.717) is 18.7 Å². The number of amides is 1. The molecule has 0 heterocycles. The summed E-state index contributed by atoms with van der Waals surface area (Å²) >= 11 is 0. The number of nitrogens with zero attached hydrogens (tertiary/aromatic N) is 1. The van der Waals surface area contributed by atoms with Crippen molar-refractivity contribution in [3.63, 3.8) is 0 Å². The fourth-order valence-electron chi connectivity index (χ4n) is 3.16. The molecule has 2 aromatic rings. The van der Waals surface area contributed by atoms with Gasteiger partial charge in [-0.2, -0.15) is 4.31 Å². The topological polar surface area (TPSA) is 92.8 Å². The molecule has 7 nitrogen and oxygen atoms in total. The van der Waals surface area contributed by atoms with Gasteiger partial charge in [0.25, 0.3) is 0 Å². The molecule has 2 rings (SSSR count). The molecular formula is C24H30N2O5S. The second-order valence-electron chi connectivity index (χ2n) is 7.24. The van der Waals surface area contributed by atoms with E-state index in [9.17, 15) is 18.0 Å². The molecule has 1 atom stereocenters. The van der Waals surface area contributed by atoms with Crippen LogP contribution in [-0.2, 0) is 24.3 Å². The van der Waals surface area contributed by atoms with Crippen LogP contribution >= 0.6 is 0 Å². The first-order valence-corrected chi connectivity index (χ1v) is 11.9. The highest BCUT2D eigenvalue weighted by Gasteiger charge is 2.21. The minimum absolute atomic E-state index is 0.0110. The number of rotatable bonds is 10. The molecule has 0 radical (unpaired) electrons. The van der Waals surface area contributed by atoms with Gasteiger partial charge in [0.1, 0.15) is 0 Å². The molecule has 0 aliphatic heterocycles. The molecule has 0 aliphatic carbocycles. The smallest absolute Gasteiger partial charge is 0.307 e. The van der Waals surface area contributed by atoms with Crippen LogP contribution in [0.2, 0.25) is 0 Å². The Morgan fingerprint density at radius 1 is 1.03 bits per heavy atom. The number of carbonyl (C=O) groups is 2. The van der Waals surface area contributed by atoms with Crippen LogP contribution in [0.25, 0.3) is 6.08 Å². The van der Waals surface area contributed by atoms with Gasteiger partial charge in [0, 0.05) is 19.2 Å². The van der Waals surface area contributed by atoms with Gasteiger partial charge >= 0.3 is 5.97 Å². The minimum atomic E-state index is -3.53. The Labute approximate surface area is 190 Å². The standard InChI is InChI=1S/C24H30N2O5S/c1-5-26(6-2)32(29,30)21-14-9-19(10-15-21)11-16-23(27)25-22(17-24(28)31-4)20-12-7-18(3)8-13-20/h7-16,22H,5-6,17H2,1-4H3,(H,25,27)/b16-11+. The molecule has 172 valence electrons. The van der Waals surface area contributed by atoms with E-state index < -0.39 is 22.0 Å². The fraction of sp³-hybridized carbons (Fsp3) is 0.333. The van der Waals surface area contributed by atoms with E-state index >= 15 is 0 Å². The summed E-state index contributed by atoms with van der Waals surface area (Å²) in [7, 11) is -2.22. The Morgan fingerprint density at radius 3 is 2.16 bits per heavy atom. The van der Waals surface area contributed by atoms with Crippen molar-refractivity contribution in [3.05, 3.63) is 71.3 Å². The normalized spacial score (nSPS) is 12.7. The molecule has 1 amide bonds. The third-order valence-electron chi connectivity index (χ3n) is 5.05. The Balaban J connectivity index is 2.12. The number of sulfonamides is 1. The van der Waals surface area contributed by atoms with Crippen LogP contribution < -0.4 is 5.32 Å². The zero-order valence-electron chi connectivity index (χ0n) is 18.9.